The maximum Gasteiger partial charge on any atom is 0.230 e. The van der Waals surface area contributed by atoms with Crippen LogP contribution in [0.15, 0.2) is 109 Å². The number of halogens is 20. The monoisotopic (exact) mass is 1050 g/mol. The molecule has 0 saturated carbocycles. The number of hydrogen-bond acceptors (Lipinski definition) is 1. The summed E-state index contributed by atoms with van der Waals surface area (Å²) in [5.74, 6) is -70.5. The van der Waals surface area contributed by atoms with E-state index in [2.05, 4.69) is 91.0 Å². The Hall–Kier alpha value is -8.37. The van der Waals surface area contributed by atoms with Gasteiger partial charge in [-0.05, 0) is 51.2 Å². The third-order valence-corrected chi connectivity index (χ3v) is 12.2. The molecule has 0 bridgehead atoms. The van der Waals surface area contributed by atoms with Gasteiger partial charge in [0, 0.05) is 21.6 Å². The number of rotatable bonds is 6. The van der Waals surface area contributed by atoms with E-state index < -0.39 is 144 Å². The number of benzene rings is 9. The fourth-order valence-corrected chi connectivity index (χ4v) is 8.97. The Bertz CT molecular complexity index is 3630. The highest BCUT2D eigenvalue weighted by Crippen LogP contribution is 2.37. The van der Waals surface area contributed by atoms with Gasteiger partial charge in [-0.3, -0.25) is 0 Å². The molecule has 0 aliphatic carbocycles. The highest BCUT2D eigenvalue weighted by atomic mass is 19.2. The zero-order chi connectivity index (χ0) is 53.6. The Morgan fingerprint density at radius 2 is 0.568 bits per heavy atom. The maximum absolute atomic E-state index is 15.4. The van der Waals surface area contributed by atoms with Gasteiger partial charge in [0.25, 0.3) is 0 Å². The molecule has 0 spiro atoms. The molecule has 1 heterocycles. The van der Waals surface area contributed by atoms with Crippen LogP contribution in [0.3, 0.4) is 0 Å². The maximum atomic E-state index is 15.4. The first-order valence-electron chi connectivity index (χ1n) is 20.7. The second-order valence-corrected chi connectivity index (χ2v) is 16.2. The highest BCUT2D eigenvalue weighted by molar-refractivity contribution is 7.20. The van der Waals surface area contributed by atoms with E-state index in [9.17, 15) is 52.7 Å². The highest BCUT2D eigenvalue weighted by Gasteiger charge is 2.52. The lowest BCUT2D eigenvalue weighted by Gasteiger charge is -2.44. The Balaban J connectivity index is 0.000000198. The van der Waals surface area contributed by atoms with Gasteiger partial charge in [0.1, 0.15) is 52.7 Å². The molecule has 0 radical (unpaired) electrons. The van der Waals surface area contributed by atoms with Crippen LogP contribution >= 0.6 is 0 Å². The van der Waals surface area contributed by atoms with Gasteiger partial charge in [-0.1, -0.05) is 66.7 Å². The van der Waals surface area contributed by atoms with Gasteiger partial charge in [0.05, 0.1) is 5.39 Å². The van der Waals surface area contributed by atoms with Crippen LogP contribution in [0, 0.1) is 116 Å². The molecule has 1 aromatic heterocycles. The topological polar surface area (TPSA) is 13.1 Å². The van der Waals surface area contributed by atoms with Crippen molar-refractivity contribution >= 4 is 71.1 Å². The van der Waals surface area contributed by atoms with Crippen molar-refractivity contribution in [3.05, 3.63) is 226 Å². The summed E-state index contributed by atoms with van der Waals surface area (Å²) in [6.45, 7) is 0. The van der Waals surface area contributed by atoms with Gasteiger partial charge in [0.2, 0.25) is 18.1 Å². The fourth-order valence-electron chi connectivity index (χ4n) is 8.97. The summed E-state index contributed by atoms with van der Waals surface area (Å²) in [4.78, 5) is 6.48. The fraction of sp³-hybridized carbons (Fsp3) is 0. The Morgan fingerprint density at radius 1 is 0.270 bits per heavy atom. The lowest BCUT2D eigenvalue weighted by atomic mass is 9.12. The largest absolute Gasteiger partial charge is 0.230 e. The van der Waals surface area contributed by atoms with Crippen LogP contribution in [0.5, 0.6) is 5.75 Å². The molecule has 2 nitrogen and oxygen atoms in total. The van der Waals surface area contributed by atoms with E-state index in [0.29, 0.717) is 0 Å². The minimum absolute atomic E-state index is 0.879. The van der Waals surface area contributed by atoms with Crippen LogP contribution < -0.4 is 31.4 Å². The molecule has 0 N–H and O–H groups in total. The molecule has 9 aromatic carbocycles. The summed E-state index contributed by atoms with van der Waals surface area (Å²) >= 11 is 0. The molecule has 23 heteroatoms. The van der Waals surface area contributed by atoms with E-state index in [1.165, 1.54) is 26.9 Å². The summed E-state index contributed by atoms with van der Waals surface area (Å²) in [5.41, 5.74) is -14.3. The van der Waals surface area contributed by atoms with Gasteiger partial charge >= 0.3 is 0 Å². The van der Waals surface area contributed by atoms with Gasteiger partial charge in [-0.15, -0.1) is 21.9 Å². The molecule has 0 unspecified atom stereocenters. The Kier molecular flexibility index (Phi) is 12.7. The molecule has 376 valence electrons. The number of aromatic nitrogens is 1. The lowest BCUT2D eigenvalue weighted by molar-refractivity contribution is -0.873. The van der Waals surface area contributed by atoms with Crippen LogP contribution in [0.2, 0.25) is 0 Å². The molecule has 0 atom stereocenters. The van der Waals surface area contributed by atoms with Crippen molar-refractivity contribution in [2.75, 3.05) is 0 Å². The van der Waals surface area contributed by atoms with E-state index in [4.69, 9.17) is 4.84 Å². The van der Waals surface area contributed by atoms with Crippen LogP contribution in [0.1, 0.15) is 0 Å². The number of hydrogen-bond donors (Lipinski definition) is 0. The van der Waals surface area contributed by atoms with Crippen molar-refractivity contribution in [2.24, 2.45) is 0 Å². The average molecular weight is 1050 g/mol. The Labute approximate surface area is 399 Å². The zero-order valence-corrected chi connectivity index (χ0v) is 35.9. The summed E-state index contributed by atoms with van der Waals surface area (Å²) in [5, 5.41) is 9.36. The first kappa shape index (κ1) is 50.6. The predicted molar refractivity (Wildman–Crippen MR) is 228 cm³/mol. The number of pyridine rings is 1. The van der Waals surface area contributed by atoms with Crippen molar-refractivity contribution < 1.29 is 97.4 Å². The number of fused-ring (bicyclic) bond motifs is 4. The van der Waals surface area contributed by atoms with Gasteiger partial charge < -0.3 is 0 Å². The van der Waals surface area contributed by atoms with Gasteiger partial charge in [0.15, 0.2) is 69.8 Å². The molecule has 10 aromatic rings. The molecule has 74 heavy (non-hydrogen) atoms. The smallest absolute Gasteiger partial charge is 0.230 e. The normalized spacial score (nSPS) is 11.8. The number of nitrogens with zero attached hydrogens (tertiary/aromatic N) is 1. The summed E-state index contributed by atoms with van der Waals surface area (Å²) in [6.07, 6.45) is -3.22. The van der Waals surface area contributed by atoms with Crippen LogP contribution in [0.25, 0.3) is 43.1 Å². The minimum Gasteiger partial charge on any atom is -0.230 e. The van der Waals surface area contributed by atoms with Crippen molar-refractivity contribution in [2.45, 2.75) is 0 Å². The molecular formula is C51H18BF20NO. The van der Waals surface area contributed by atoms with E-state index in [0.717, 1.165) is 21.9 Å². The van der Waals surface area contributed by atoms with E-state index in [1.54, 1.807) is 4.73 Å². The van der Waals surface area contributed by atoms with Crippen LogP contribution in [0.4, 0.5) is 87.8 Å². The molecule has 0 aliphatic rings. The molecule has 0 saturated heterocycles. The third-order valence-electron chi connectivity index (χ3n) is 12.2. The average Bonchev–Trinajstić information content (AvgIpc) is 3.46. The van der Waals surface area contributed by atoms with Crippen LogP contribution in [-0.2, 0) is 0 Å². The van der Waals surface area contributed by atoms with Gasteiger partial charge in [-0.25, -0.2) is 92.6 Å². The van der Waals surface area contributed by atoms with E-state index in [1.807, 2.05) is 18.5 Å². The third kappa shape index (κ3) is 7.57. The first-order valence-corrected chi connectivity index (χ1v) is 20.7. The molecular weight excluding hydrogens is 1030 g/mol. The second-order valence-electron chi connectivity index (χ2n) is 16.2. The van der Waals surface area contributed by atoms with Gasteiger partial charge in [-0.2, -0.15) is 0 Å². The summed E-state index contributed by atoms with van der Waals surface area (Å²) in [7, 11) is 0. The SMILES string of the molecule is Fc1c(F)c(F)c([B-](c2c(F)c(F)c(F)c(F)c2F)(c2c(F)c(F)c(F)c(F)c2F)c2c(F)c(F)c(F)c(F)c2F)c(F)c1F.c1ccc2c[n+](Oc3c4ccccc4cc4cc5ccccc5cc34)ccc2c1. The van der Waals surface area contributed by atoms with E-state index in [-0.39, 0.29) is 0 Å². The van der Waals surface area contributed by atoms with Crippen molar-refractivity contribution in [3.8, 4) is 5.75 Å². The van der Waals surface area contributed by atoms with Crippen LogP contribution in [-0.4, -0.2) is 6.15 Å². The minimum atomic E-state index is -7.22. The quantitative estimate of drug-likeness (QED) is 0.0404. The summed E-state index contributed by atoms with van der Waals surface area (Å²) in [6, 6.07) is 34.0. The lowest BCUT2D eigenvalue weighted by Crippen LogP contribution is -2.81. The van der Waals surface area contributed by atoms with Crippen molar-refractivity contribution in [1.82, 2.24) is 0 Å². The first-order chi connectivity index (χ1) is 35.1. The molecule has 10 rings (SSSR count). The zero-order valence-electron chi connectivity index (χ0n) is 35.9. The molecule has 0 fully saturated rings. The van der Waals surface area contributed by atoms with Crippen molar-refractivity contribution in [1.29, 1.82) is 0 Å². The summed E-state index contributed by atoms with van der Waals surface area (Å²) < 4.78 is 296. The standard InChI is InChI=1S/C27H18NO.C24BF20/c1-4-11-23-18-28(14-13-19(23)7-1)29-27-25-12-6-5-10-22(25)16-24-15-20-8-2-3-9-21(20)17-26(24)27;26-5-1(6(27)14(35)21(42)13(5)34)25(2-7(28)15(36)22(43)16(37)8(2)29,3-9(30)17(38)23(44)18(39)10(3)31)4-11(32)19(40)24(45)20(41)12(4)33/h1-18H;/q+1;-1. The van der Waals surface area contributed by atoms with E-state index >= 15 is 35.1 Å². The van der Waals surface area contributed by atoms with Crippen molar-refractivity contribution in [3.63, 3.8) is 0 Å². The predicted octanol–water partition coefficient (Wildman–Crippen LogP) is 12.3. The molecule has 0 amide bonds. The molecule has 0 aliphatic heterocycles. The second kappa shape index (κ2) is 18.6. The Morgan fingerprint density at radius 3 is 0.959 bits per heavy atom.